The van der Waals surface area contributed by atoms with Crippen molar-refractivity contribution in [3.63, 3.8) is 0 Å². The summed E-state index contributed by atoms with van der Waals surface area (Å²) < 4.78 is 17.0. The van der Waals surface area contributed by atoms with Crippen molar-refractivity contribution in [3.05, 3.63) is 88.6 Å². The molecule has 5 aromatic rings. The lowest BCUT2D eigenvalue weighted by Crippen LogP contribution is -2.40. The van der Waals surface area contributed by atoms with Gasteiger partial charge in [0.2, 0.25) is 0 Å². The van der Waals surface area contributed by atoms with Gasteiger partial charge in [0.15, 0.2) is 0 Å². The van der Waals surface area contributed by atoms with Gasteiger partial charge in [-0.15, -0.1) is 0 Å². The summed E-state index contributed by atoms with van der Waals surface area (Å²) >= 11 is 0. The number of benzene rings is 1. The number of ether oxygens (including phenoxy) is 2. The number of rotatable bonds is 4. The third-order valence-corrected chi connectivity index (χ3v) is 6.91. The Bertz CT molecular complexity index is 1740. The summed E-state index contributed by atoms with van der Waals surface area (Å²) in [5.74, 6) is 0.476. The molecule has 1 aliphatic heterocycles. The van der Waals surface area contributed by atoms with Crippen LogP contribution in [0.15, 0.2) is 66.1 Å². The SMILES string of the molecule is Cn1c2c(c3ccc(-n4ccc(OCc5cn6cnccc6n5)cc4=O)cc31)CN(C(=O)OC(C)(C)C)CC2. The van der Waals surface area contributed by atoms with Crippen LogP contribution in [0.2, 0.25) is 0 Å². The number of hydrogen-bond donors (Lipinski definition) is 0. The number of aryl methyl sites for hydroxylation is 1. The second-order valence-electron chi connectivity index (χ2n) is 10.8. The number of aromatic nitrogens is 5. The maximum atomic E-state index is 13.0. The Hall–Kier alpha value is -4.60. The zero-order valence-corrected chi connectivity index (χ0v) is 22.4. The van der Waals surface area contributed by atoms with E-state index in [0.717, 1.165) is 39.9 Å². The van der Waals surface area contributed by atoms with Crippen molar-refractivity contribution in [3.8, 4) is 11.4 Å². The first-order chi connectivity index (χ1) is 18.7. The minimum Gasteiger partial charge on any atom is -0.487 e. The van der Waals surface area contributed by atoms with Crippen LogP contribution in [-0.4, -0.2) is 46.6 Å². The molecule has 0 N–H and O–H groups in total. The molecule has 0 saturated carbocycles. The summed E-state index contributed by atoms with van der Waals surface area (Å²) in [7, 11) is 2.03. The van der Waals surface area contributed by atoms with E-state index in [4.69, 9.17) is 9.47 Å². The Kier molecular flexibility index (Phi) is 5.90. The van der Waals surface area contributed by atoms with Crippen molar-refractivity contribution in [2.75, 3.05) is 6.54 Å². The normalized spacial score (nSPS) is 13.6. The molecule has 6 rings (SSSR count). The highest BCUT2D eigenvalue weighted by molar-refractivity contribution is 5.88. The van der Waals surface area contributed by atoms with Crippen LogP contribution >= 0.6 is 0 Å². The smallest absolute Gasteiger partial charge is 0.410 e. The highest BCUT2D eigenvalue weighted by atomic mass is 16.6. The first-order valence-electron chi connectivity index (χ1n) is 12.9. The second kappa shape index (κ2) is 9.30. The molecule has 0 saturated heterocycles. The van der Waals surface area contributed by atoms with Gasteiger partial charge < -0.3 is 18.9 Å². The van der Waals surface area contributed by atoms with E-state index in [1.54, 1.807) is 34.3 Å². The Labute approximate surface area is 225 Å². The van der Waals surface area contributed by atoms with Crippen molar-refractivity contribution >= 4 is 22.6 Å². The number of nitrogens with zero attached hydrogens (tertiary/aromatic N) is 6. The summed E-state index contributed by atoms with van der Waals surface area (Å²) in [6.45, 7) is 6.96. The van der Waals surface area contributed by atoms with Gasteiger partial charge in [-0.1, -0.05) is 6.07 Å². The summed E-state index contributed by atoms with van der Waals surface area (Å²) in [4.78, 5) is 36.0. The molecule has 10 nitrogen and oxygen atoms in total. The fourth-order valence-corrected chi connectivity index (χ4v) is 5.08. The first-order valence-corrected chi connectivity index (χ1v) is 12.9. The van der Waals surface area contributed by atoms with Gasteiger partial charge in [0.25, 0.3) is 5.56 Å². The predicted molar refractivity (Wildman–Crippen MR) is 146 cm³/mol. The molecule has 0 fully saturated rings. The fraction of sp³-hybridized carbons (Fsp3) is 0.310. The van der Waals surface area contributed by atoms with E-state index in [9.17, 15) is 9.59 Å². The number of carbonyl (C=O) groups is 1. The predicted octanol–water partition coefficient (Wildman–Crippen LogP) is 4.24. The van der Waals surface area contributed by atoms with Crippen molar-refractivity contribution in [2.45, 2.75) is 45.9 Å². The van der Waals surface area contributed by atoms with Crippen LogP contribution in [0.25, 0.3) is 22.2 Å². The van der Waals surface area contributed by atoms with E-state index in [-0.39, 0.29) is 18.3 Å². The van der Waals surface area contributed by atoms with E-state index in [1.807, 2.05) is 62.7 Å². The Balaban J connectivity index is 1.23. The molecule has 10 heteroatoms. The van der Waals surface area contributed by atoms with E-state index >= 15 is 0 Å². The molecule has 0 atom stereocenters. The third-order valence-electron chi connectivity index (χ3n) is 6.91. The average molecular weight is 527 g/mol. The molecule has 0 spiro atoms. The van der Waals surface area contributed by atoms with Crippen LogP contribution < -0.4 is 10.3 Å². The number of imidazole rings is 1. The minimum atomic E-state index is -0.537. The van der Waals surface area contributed by atoms with E-state index in [1.165, 1.54) is 11.8 Å². The molecular formula is C29H30N6O4. The van der Waals surface area contributed by atoms with Crippen LogP contribution in [0.4, 0.5) is 4.79 Å². The summed E-state index contributed by atoms with van der Waals surface area (Å²) in [5, 5.41) is 1.07. The average Bonchev–Trinajstić information content (AvgIpc) is 3.44. The highest BCUT2D eigenvalue weighted by Crippen LogP contribution is 2.32. The number of amides is 1. The molecule has 0 bridgehead atoms. The molecule has 0 unspecified atom stereocenters. The molecule has 1 aromatic carbocycles. The number of hydrogen-bond acceptors (Lipinski definition) is 6. The monoisotopic (exact) mass is 526 g/mol. The molecule has 1 aliphatic rings. The van der Waals surface area contributed by atoms with Gasteiger partial charge in [-0.2, -0.15) is 0 Å². The molecule has 0 aliphatic carbocycles. The van der Waals surface area contributed by atoms with Crippen molar-refractivity contribution in [1.82, 2.24) is 28.4 Å². The Morgan fingerprint density at radius 2 is 1.97 bits per heavy atom. The molecule has 4 aromatic heterocycles. The zero-order chi connectivity index (χ0) is 27.3. The lowest BCUT2D eigenvalue weighted by Gasteiger charge is -2.30. The van der Waals surface area contributed by atoms with Crippen LogP contribution in [-0.2, 0) is 31.4 Å². The summed E-state index contributed by atoms with van der Waals surface area (Å²) in [5.41, 5.74) is 4.89. The Morgan fingerprint density at radius 1 is 1.13 bits per heavy atom. The molecule has 1 amide bonds. The van der Waals surface area contributed by atoms with Gasteiger partial charge >= 0.3 is 6.09 Å². The third kappa shape index (κ3) is 4.73. The number of carbonyl (C=O) groups excluding carboxylic acids is 1. The molecule has 5 heterocycles. The van der Waals surface area contributed by atoms with E-state index in [2.05, 4.69) is 14.5 Å². The Morgan fingerprint density at radius 3 is 2.74 bits per heavy atom. The quantitative estimate of drug-likeness (QED) is 0.348. The fourth-order valence-electron chi connectivity index (χ4n) is 5.08. The maximum Gasteiger partial charge on any atom is 0.410 e. The lowest BCUT2D eigenvalue weighted by atomic mass is 10.0. The summed E-state index contributed by atoms with van der Waals surface area (Å²) in [6, 6.07) is 11.0. The molecule has 39 heavy (non-hydrogen) atoms. The van der Waals surface area contributed by atoms with Gasteiger partial charge in [0.05, 0.1) is 23.4 Å². The molecular weight excluding hydrogens is 496 g/mol. The largest absolute Gasteiger partial charge is 0.487 e. The topological polar surface area (TPSA) is 95.9 Å². The second-order valence-corrected chi connectivity index (χ2v) is 10.8. The number of fused-ring (bicyclic) bond motifs is 4. The van der Waals surface area contributed by atoms with Gasteiger partial charge in [-0.25, -0.2) is 14.8 Å². The van der Waals surface area contributed by atoms with Crippen LogP contribution in [0.5, 0.6) is 5.75 Å². The molecule has 200 valence electrons. The van der Waals surface area contributed by atoms with Gasteiger partial charge in [-0.05, 0) is 45.0 Å². The minimum absolute atomic E-state index is 0.193. The van der Waals surface area contributed by atoms with Crippen molar-refractivity contribution in [2.24, 2.45) is 7.05 Å². The van der Waals surface area contributed by atoms with Gasteiger partial charge in [-0.3, -0.25) is 13.8 Å². The van der Waals surface area contributed by atoms with Crippen LogP contribution in [0, 0.1) is 0 Å². The van der Waals surface area contributed by atoms with E-state index in [0.29, 0.717) is 18.8 Å². The first kappa shape index (κ1) is 24.7. The number of pyridine rings is 1. The molecule has 0 radical (unpaired) electrons. The maximum absolute atomic E-state index is 13.0. The van der Waals surface area contributed by atoms with Gasteiger partial charge in [0, 0.05) is 61.3 Å². The standard InChI is InChI=1S/C29H30N6O4/c1-29(2,3)39-28(37)33-11-9-24-23(16-33)22-6-5-20(13-25(22)32(24)4)35-12-8-21(14-27(35)36)38-17-19-15-34-18-30-10-7-26(34)31-19/h5-8,10,12-15,18H,9,11,16-17H2,1-4H3. The van der Waals surface area contributed by atoms with Gasteiger partial charge in [0.1, 0.15) is 29.9 Å². The summed E-state index contributed by atoms with van der Waals surface area (Å²) in [6.07, 6.45) is 7.39. The zero-order valence-electron chi connectivity index (χ0n) is 22.4. The highest BCUT2D eigenvalue weighted by Gasteiger charge is 2.29. The van der Waals surface area contributed by atoms with Crippen molar-refractivity contribution in [1.29, 1.82) is 0 Å². The van der Waals surface area contributed by atoms with Crippen LogP contribution in [0.3, 0.4) is 0 Å². The lowest BCUT2D eigenvalue weighted by molar-refractivity contribution is 0.0223. The van der Waals surface area contributed by atoms with Crippen molar-refractivity contribution < 1.29 is 14.3 Å². The van der Waals surface area contributed by atoms with Crippen LogP contribution in [0.1, 0.15) is 37.7 Å². The van der Waals surface area contributed by atoms with E-state index < -0.39 is 5.60 Å².